The van der Waals surface area contributed by atoms with Gasteiger partial charge in [-0.25, -0.2) is 9.97 Å². The van der Waals surface area contributed by atoms with Crippen LogP contribution in [0.1, 0.15) is 11.1 Å². The number of piperazine rings is 1. The highest BCUT2D eigenvalue weighted by Gasteiger charge is 2.30. The topological polar surface area (TPSA) is 32.3 Å². The maximum Gasteiger partial charge on any atom is 0.416 e. The van der Waals surface area contributed by atoms with E-state index in [9.17, 15) is 13.2 Å². The smallest absolute Gasteiger partial charge is 0.354 e. The molecule has 0 unspecified atom stereocenters. The Balaban J connectivity index is 1.47. The van der Waals surface area contributed by atoms with Crippen LogP contribution in [0.2, 0.25) is 0 Å². The molecule has 1 aliphatic rings. The number of anilines is 1. The standard InChI is InChI=1S/C17H17F3N4S2/c18-17(19,20)14-4-2-13(3-5-14)12-26-16(25)24-10-8-23(9-11-24)15-21-6-1-7-22-15/h1-7H,8-12H2. The second-order valence-electron chi connectivity index (χ2n) is 5.77. The van der Waals surface area contributed by atoms with Gasteiger partial charge in [0.2, 0.25) is 5.95 Å². The van der Waals surface area contributed by atoms with Crippen LogP contribution in [-0.4, -0.2) is 45.4 Å². The minimum absolute atomic E-state index is 0.555. The maximum atomic E-state index is 12.6. The molecule has 138 valence electrons. The fourth-order valence-electron chi connectivity index (χ4n) is 2.57. The Kier molecular flexibility index (Phi) is 5.98. The van der Waals surface area contributed by atoms with Gasteiger partial charge in [0.1, 0.15) is 4.32 Å². The van der Waals surface area contributed by atoms with Crippen molar-refractivity contribution in [1.29, 1.82) is 0 Å². The summed E-state index contributed by atoms with van der Waals surface area (Å²) < 4.78 is 38.5. The Morgan fingerprint density at radius 3 is 2.23 bits per heavy atom. The van der Waals surface area contributed by atoms with Crippen molar-refractivity contribution in [3.63, 3.8) is 0 Å². The minimum atomic E-state index is -4.30. The van der Waals surface area contributed by atoms with Crippen molar-refractivity contribution in [2.24, 2.45) is 0 Å². The molecule has 2 heterocycles. The lowest BCUT2D eigenvalue weighted by molar-refractivity contribution is -0.137. The van der Waals surface area contributed by atoms with Gasteiger partial charge in [0.05, 0.1) is 5.56 Å². The molecule has 0 amide bonds. The van der Waals surface area contributed by atoms with Crippen LogP contribution < -0.4 is 4.90 Å². The van der Waals surface area contributed by atoms with Crippen LogP contribution in [0.3, 0.4) is 0 Å². The van der Waals surface area contributed by atoms with Crippen molar-refractivity contribution in [2.45, 2.75) is 11.9 Å². The number of benzene rings is 1. The van der Waals surface area contributed by atoms with Gasteiger partial charge >= 0.3 is 6.18 Å². The molecule has 0 bridgehead atoms. The summed E-state index contributed by atoms with van der Waals surface area (Å²) >= 11 is 6.95. The maximum absolute atomic E-state index is 12.6. The summed E-state index contributed by atoms with van der Waals surface area (Å²) in [7, 11) is 0. The van der Waals surface area contributed by atoms with Gasteiger partial charge in [-0.05, 0) is 23.8 Å². The Hall–Kier alpha value is -1.87. The molecule has 2 aromatic rings. The predicted molar refractivity (Wildman–Crippen MR) is 101 cm³/mol. The second-order valence-corrected chi connectivity index (χ2v) is 7.38. The van der Waals surface area contributed by atoms with Gasteiger partial charge in [0.15, 0.2) is 0 Å². The average Bonchev–Trinajstić information content (AvgIpc) is 2.66. The van der Waals surface area contributed by atoms with Crippen molar-refractivity contribution in [2.75, 3.05) is 31.1 Å². The van der Waals surface area contributed by atoms with Crippen LogP contribution in [0.25, 0.3) is 0 Å². The Morgan fingerprint density at radius 1 is 1.04 bits per heavy atom. The number of hydrogen-bond donors (Lipinski definition) is 0. The summed E-state index contributed by atoms with van der Waals surface area (Å²) in [6, 6.07) is 7.01. The SMILES string of the molecule is FC(F)(F)c1ccc(CSC(=S)N2CCN(c3ncccn3)CC2)cc1. The van der Waals surface area contributed by atoms with Gasteiger partial charge in [-0.3, -0.25) is 0 Å². The molecule has 1 aromatic carbocycles. The quantitative estimate of drug-likeness (QED) is 0.731. The summed E-state index contributed by atoms with van der Waals surface area (Å²) in [6.45, 7) is 3.12. The van der Waals surface area contributed by atoms with Gasteiger partial charge in [-0.15, -0.1) is 0 Å². The van der Waals surface area contributed by atoms with Crippen molar-refractivity contribution in [3.8, 4) is 0 Å². The van der Waals surface area contributed by atoms with Crippen LogP contribution in [0, 0.1) is 0 Å². The molecule has 26 heavy (non-hydrogen) atoms. The third-order valence-electron chi connectivity index (χ3n) is 4.02. The van der Waals surface area contributed by atoms with E-state index in [1.165, 1.54) is 23.9 Å². The van der Waals surface area contributed by atoms with E-state index < -0.39 is 11.7 Å². The largest absolute Gasteiger partial charge is 0.416 e. The molecule has 3 rings (SSSR count). The first kappa shape index (κ1) is 18.9. The number of rotatable bonds is 3. The fraction of sp³-hybridized carbons (Fsp3) is 0.353. The molecule has 1 saturated heterocycles. The number of thiocarbonyl (C=S) groups is 1. The highest BCUT2D eigenvalue weighted by atomic mass is 32.2. The summed E-state index contributed by atoms with van der Waals surface area (Å²) in [5, 5.41) is 0. The van der Waals surface area contributed by atoms with Gasteiger partial charge in [0, 0.05) is 44.3 Å². The normalized spacial score (nSPS) is 15.2. The Bertz CT molecular complexity index is 730. The van der Waals surface area contributed by atoms with E-state index in [0.29, 0.717) is 5.75 Å². The number of alkyl halides is 3. The van der Waals surface area contributed by atoms with E-state index in [2.05, 4.69) is 19.8 Å². The van der Waals surface area contributed by atoms with Crippen molar-refractivity contribution in [3.05, 3.63) is 53.9 Å². The zero-order chi connectivity index (χ0) is 18.6. The third-order valence-corrected chi connectivity index (χ3v) is 5.61. The predicted octanol–water partition coefficient (Wildman–Crippen LogP) is 3.84. The van der Waals surface area contributed by atoms with Gasteiger partial charge in [0.25, 0.3) is 0 Å². The molecule has 0 N–H and O–H groups in total. The Labute approximate surface area is 159 Å². The van der Waals surface area contributed by atoms with Gasteiger partial charge in [-0.2, -0.15) is 13.2 Å². The van der Waals surface area contributed by atoms with E-state index in [0.717, 1.165) is 54.1 Å². The number of hydrogen-bond acceptors (Lipinski definition) is 5. The van der Waals surface area contributed by atoms with Gasteiger partial charge < -0.3 is 9.80 Å². The highest BCUT2D eigenvalue weighted by Crippen LogP contribution is 2.29. The number of thioether (sulfide) groups is 1. The van der Waals surface area contributed by atoms with E-state index >= 15 is 0 Å². The first-order valence-electron chi connectivity index (χ1n) is 8.03. The van der Waals surface area contributed by atoms with Crippen LogP contribution in [0.5, 0.6) is 0 Å². The molecule has 4 nitrogen and oxygen atoms in total. The number of nitrogens with zero attached hydrogens (tertiary/aromatic N) is 4. The summed E-state index contributed by atoms with van der Waals surface area (Å²) in [6.07, 6.45) is -0.860. The minimum Gasteiger partial charge on any atom is -0.354 e. The molecule has 0 saturated carbocycles. The lowest BCUT2D eigenvalue weighted by Gasteiger charge is -2.35. The summed E-state index contributed by atoms with van der Waals surface area (Å²) in [5.74, 6) is 1.27. The average molecular weight is 398 g/mol. The molecule has 0 atom stereocenters. The molecule has 1 fully saturated rings. The van der Waals surface area contributed by atoms with Gasteiger partial charge in [-0.1, -0.05) is 36.1 Å². The van der Waals surface area contributed by atoms with Crippen LogP contribution in [0.15, 0.2) is 42.7 Å². The highest BCUT2D eigenvalue weighted by molar-refractivity contribution is 8.22. The zero-order valence-electron chi connectivity index (χ0n) is 13.8. The molecular weight excluding hydrogens is 381 g/mol. The zero-order valence-corrected chi connectivity index (χ0v) is 15.4. The summed E-state index contributed by atoms with van der Waals surface area (Å²) in [4.78, 5) is 12.7. The molecule has 0 radical (unpaired) electrons. The Morgan fingerprint density at radius 2 is 1.65 bits per heavy atom. The van der Waals surface area contributed by atoms with E-state index in [1.807, 2.05) is 0 Å². The van der Waals surface area contributed by atoms with Crippen molar-refractivity contribution >= 4 is 34.2 Å². The van der Waals surface area contributed by atoms with E-state index in [4.69, 9.17) is 12.2 Å². The first-order chi connectivity index (χ1) is 12.4. The van der Waals surface area contributed by atoms with Crippen LogP contribution in [0.4, 0.5) is 19.1 Å². The van der Waals surface area contributed by atoms with E-state index in [-0.39, 0.29) is 0 Å². The van der Waals surface area contributed by atoms with Crippen LogP contribution in [-0.2, 0) is 11.9 Å². The third kappa shape index (κ3) is 4.85. The molecular formula is C17H17F3N4S2. The van der Waals surface area contributed by atoms with E-state index in [1.54, 1.807) is 18.5 Å². The molecule has 1 aliphatic heterocycles. The summed E-state index contributed by atoms with van der Waals surface area (Å²) in [5.41, 5.74) is 0.190. The molecule has 0 spiro atoms. The van der Waals surface area contributed by atoms with Crippen molar-refractivity contribution in [1.82, 2.24) is 14.9 Å². The molecule has 9 heteroatoms. The number of aromatic nitrogens is 2. The number of halogens is 3. The second kappa shape index (κ2) is 8.22. The monoisotopic (exact) mass is 398 g/mol. The van der Waals surface area contributed by atoms with Crippen molar-refractivity contribution < 1.29 is 13.2 Å². The lowest BCUT2D eigenvalue weighted by atomic mass is 10.1. The fourth-order valence-corrected chi connectivity index (χ4v) is 3.78. The lowest BCUT2D eigenvalue weighted by Crippen LogP contribution is -2.48. The first-order valence-corrected chi connectivity index (χ1v) is 9.43. The molecule has 1 aromatic heterocycles. The molecule has 0 aliphatic carbocycles. The van der Waals surface area contributed by atoms with Crippen LogP contribution >= 0.6 is 24.0 Å².